The van der Waals surface area contributed by atoms with Gasteiger partial charge in [-0.25, -0.2) is 4.39 Å². The smallest absolute Gasteiger partial charge is 0.258 e. The maximum Gasteiger partial charge on any atom is 0.258 e. The molecule has 5 heteroatoms. The molecule has 0 radical (unpaired) electrons. The topological polar surface area (TPSA) is 62.2 Å². The first-order valence-electron chi connectivity index (χ1n) is 5.29. The zero-order valence-corrected chi connectivity index (χ0v) is 9.64. The van der Waals surface area contributed by atoms with Crippen molar-refractivity contribution in [2.45, 2.75) is 6.92 Å². The second-order valence-electron chi connectivity index (χ2n) is 3.76. The molecule has 92 valence electrons. The highest BCUT2D eigenvalue weighted by Gasteiger charge is 2.13. The van der Waals surface area contributed by atoms with Crippen molar-refractivity contribution >= 4 is 11.6 Å². The molecule has 0 unspecified atom stereocenters. The fraction of sp³-hybridized carbons (Fsp3) is 0.0769. The van der Waals surface area contributed by atoms with E-state index < -0.39 is 11.7 Å². The first-order chi connectivity index (χ1) is 8.59. The summed E-state index contributed by atoms with van der Waals surface area (Å²) in [5.74, 6) is -1.19. The molecule has 2 rings (SSSR count). The minimum Gasteiger partial charge on any atom is -0.508 e. The lowest BCUT2D eigenvalue weighted by Gasteiger charge is -2.09. The number of benzene rings is 1. The molecular weight excluding hydrogens is 235 g/mol. The van der Waals surface area contributed by atoms with E-state index in [4.69, 9.17) is 0 Å². The van der Waals surface area contributed by atoms with Gasteiger partial charge in [0.25, 0.3) is 5.91 Å². The van der Waals surface area contributed by atoms with Gasteiger partial charge in [0.15, 0.2) is 5.82 Å². The van der Waals surface area contributed by atoms with Crippen molar-refractivity contribution < 1.29 is 14.3 Å². The number of anilines is 1. The molecular formula is C13H11FN2O2. The second-order valence-corrected chi connectivity index (χ2v) is 3.76. The van der Waals surface area contributed by atoms with Crippen LogP contribution in [0.5, 0.6) is 5.75 Å². The van der Waals surface area contributed by atoms with E-state index in [1.54, 1.807) is 19.1 Å². The molecule has 0 aliphatic carbocycles. The molecule has 4 nitrogen and oxygen atoms in total. The Kier molecular flexibility index (Phi) is 3.23. The van der Waals surface area contributed by atoms with E-state index in [1.165, 1.54) is 18.3 Å². The number of halogens is 1. The Morgan fingerprint density at radius 1 is 1.39 bits per heavy atom. The van der Waals surface area contributed by atoms with Gasteiger partial charge in [0.1, 0.15) is 5.75 Å². The molecule has 0 bridgehead atoms. The molecule has 1 amide bonds. The number of phenolic OH excluding ortho intramolecular Hbond substituents is 1. The number of aromatic hydroxyl groups is 1. The molecule has 0 aliphatic heterocycles. The summed E-state index contributed by atoms with van der Waals surface area (Å²) in [5, 5.41) is 12.0. The van der Waals surface area contributed by atoms with Crippen LogP contribution in [0.3, 0.4) is 0 Å². The van der Waals surface area contributed by atoms with E-state index in [9.17, 15) is 14.3 Å². The van der Waals surface area contributed by atoms with Gasteiger partial charge in [-0.1, -0.05) is 6.07 Å². The van der Waals surface area contributed by atoms with Crippen molar-refractivity contribution in [3.05, 3.63) is 53.6 Å². The van der Waals surface area contributed by atoms with Crippen LogP contribution in [0.1, 0.15) is 15.9 Å². The highest BCUT2D eigenvalue weighted by Crippen LogP contribution is 2.24. The average molecular weight is 246 g/mol. The maximum atomic E-state index is 13.3. The maximum absolute atomic E-state index is 13.3. The Hall–Kier alpha value is -2.43. The number of pyridine rings is 1. The lowest BCUT2D eigenvalue weighted by molar-refractivity contribution is 0.102. The van der Waals surface area contributed by atoms with Gasteiger partial charge in [-0.2, -0.15) is 0 Å². The van der Waals surface area contributed by atoms with Crippen LogP contribution in [0.4, 0.5) is 10.1 Å². The molecule has 18 heavy (non-hydrogen) atoms. The van der Waals surface area contributed by atoms with Crippen LogP contribution in [0, 0.1) is 12.7 Å². The van der Waals surface area contributed by atoms with Gasteiger partial charge in [0.05, 0.1) is 11.8 Å². The summed E-state index contributed by atoms with van der Waals surface area (Å²) in [4.78, 5) is 15.4. The fourth-order valence-electron chi connectivity index (χ4n) is 1.51. The Morgan fingerprint density at radius 2 is 2.17 bits per heavy atom. The van der Waals surface area contributed by atoms with Crippen molar-refractivity contribution in [1.82, 2.24) is 4.98 Å². The van der Waals surface area contributed by atoms with E-state index in [0.717, 1.165) is 6.20 Å². The van der Waals surface area contributed by atoms with E-state index >= 15 is 0 Å². The Bertz CT molecular complexity index is 599. The molecule has 0 fully saturated rings. The third-order valence-corrected chi connectivity index (χ3v) is 2.57. The van der Waals surface area contributed by atoms with Gasteiger partial charge in [0.2, 0.25) is 0 Å². The van der Waals surface area contributed by atoms with Crippen molar-refractivity contribution in [2.24, 2.45) is 0 Å². The molecule has 1 heterocycles. The van der Waals surface area contributed by atoms with Crippen molar-refractivity contribution in [2.75, 3.05) is 5.32 Å². The van der Waals surface area contributed by atoms with Gasteiger partial charge in [0, 0.05) is 17.4 Å². The predicted molar refractivity (Wildman–Crippen MR) is 65.0 cm³/mol. The lowest BCUT2D eigenvalue weighted by Crippen LogP contribution is -2.14. The fourth-order valence-corrected chi connectivity index (χ4v) is 1.51. The number of nitrogens with one attached hydrogen (secondary N) is 1. The quantitative estimate of drug-likeness (QED) is 0.855. The molecule has 1 aromatic carbocycles. The van der Waals surface area contributed by atoms with Gasteiger partial charge in [-0.3, -0.25) is 9.78 Å². The molecule has 0 aliphatic rings. The monoisotopic (exact) mass is 246 g/mol. The number of carbonyl (C=O) groups excluding carboxylic acids is 1. The summed E-state index contributed by atoms with van der Waals surface area (Å²) >= 11 is 0. The van der Waals surface area contributed by atoms with Crippen LogP contribution in [0.15, 0.2) is 36.7 Å². The molecule has 0 saturated carbocycles. The number of aromatic nitrogens is 1. The number of rotatable bonds is 2. The summed E-state index contributed by atoms with van der Waals surface area (Å²) in [6.07, 6.45) is 2.32. The minimum atomic E-state index is -0.687. The summed E-state index contributed by atoms with van der Waals surface area (Å²) in [5.41, 5.74) is 0.879. The van der Waals surface area contributed by atoms with Crippen LogP contribution < -0.4 is 5.32 Å². The summed E-state index contributed by atoms with van der Waals surface area (Å²) in [7, 11) is 0. The highest BCUT2D eigenvalue weighted by atomic mass is 19.1. The molecule has 0 atom stereocenters. The van der Waals surface area contributed by atoms with E-state index in [1.807, 2.05) is 0 Å². The number of carbonyl (C=O) groups is 1. The summed E-state index contributed by atoms with van der Waals surface area (Å²) in [6, 6.07) is 6.04. The van der Waals surface area contributed by atoms with E-state index in [-0.39, 0.29) is 11.3 Å². The Balaban J connectivity index is 2.27. The summed E-state index contributed by atoms with van der Waals surface area (Å²) in [6.45, 7) is 1.66. The number of hydrogen-bond donors (Lipinski definition) is 2. The van der Waals surface area contributed by atoms with E-state index in [2.05, 4.69) is 10.3 Å². The van der Waals surface area contributed by atoms with Gasteiger partial charge >= 0.3 is 0 Å². The van der Waals surface area contributed by atoms with E-state index in [0.29, 0.717) is 11.3 Å². The number of hydrogen-bond acceptors (Lipinski definition) is 3. The zero-order valence-electron chi connectivity index (χ0n) is 9.64. The first kappa shape index (κ1) is 12.0. The molecule has 0 spiro atoms. The third-order valence-electron chi connectivity index (χ3n) is 2.57. The van der Waals surface area contributed by atoms with Crippen molar-refractivity contribution in [1.29, 1.82) is 0 Å². The van der Waals surface area contributed by atoms with Crippen LogP contribution in [-0.4, -0.2) is 16.0 Å². The number of amides is 1. The second kappa shape index (κ2) is 4.83. The lowest BCUT2D eigenvalue weighted by atomic mass is 10.1. The molecule has 2 aromatic rings. The summed E-state index contributed by atoms with van der Waals surface area (Å²) < 4.78 is 13.3. The van der Waals surface area contributed by atoms with Crippen LogP contribution in [-0.2, 0) is 0 Å². The van der Waals surface area contributed by atoms with Crippen molar-refractivity contribution in [3.63, 3.8) is 0 Å². The average Bonchev–Trinajstić information content (AvgIpc) is 2.35. The largest absolute Gasteiger partial charge is 0.508 e. The molecule has 0 saturated heterocycles. The van der Waals surface area contributed by atoms with Gasteiger partial charge < -0.3 is 10.4 Å². The standard InChI is InChI=1S/C13H11FN2O2/c1-8-11(3-2-4-12(8)17)16-13(18)9-5-6-15-7-10(9)14/h2-7,17H,1H3,(H,16,18). The van der Waals surface area contributed by atoms with Crippen LogP contribution in [0.2, 0.25) is 0 Å². The normalized spacial score (nSPS) is 10.1. The van der Waals surface area contributed by atoms with Gasteiger partial charge in [-0.05, 0) is 25.1 Å². The zero-order chi connectivity index (χ0) is 13.1. The SMILES string of the molecule is Cc1c(O)cccc1NC(=O)c1ccncc1F. The van der Waals surface area contributed by atoms with Gasteiger partial charge in [-0.15, -0.1) is 0 Å². The first-order valence-corrected chi connectivity index (χ1v) is 5.29. The van der Waals surface area contributed by atoms with Crippen molar-refractivity contribution in [3.8, 4) is 5.75 Å². The predicted octanol–water partition coefficient (Wildman–Crippen LogP) is 2.49. The van der Waals surface area contributed by atoms with Crippen LogP contribution in [0.25, 0.3) is 0 Å². The van der Waals surface area contributed by atoms with Crippen LogP contribution >= 0.6 is 0 Å². The third kappa shape index (κ3) is 2.29. The molecule has 1 aromatic heterocycles. The number of phenols is 1. The number of nitrogens with zero attached hydrogens (tertiary/aromatic N) is 1. The minimum absolute atomic E-state index is 0.0722. The Labute approximate surface area is 103 Å². The molecule has 2 N–H and O–H groups in total. The highest BCUT2D eigenvalue weighted by molar-refractivity contribution is 6.04. The Morgan fingerprint density at radius 3 is 2.89 bits per heavy atom.